The topological polar surface area (TPSA) is 29.1 Å². The van der Waals surface area contributed by atoms with Crippen molar-refractivity contribution >= 4 is 11.6 Å². The second-order valence-corrected chi connectivity index (χ2v) is 2.38. The molecule has 1 aromatic rings. The number of carbonyl (C=O) groups is 1. The number of nitrogens with one attached hydrogen (secondary N) is 1. The molecule has 0 bridgehead atoms. The van der Waals surface area contributed by atoms with Crippen molar-refractivity contribution in [3.8, 4) is 0 Å². The Morgan fingerprint density at radius 3 is 2.58 bits per heavy atom. The number of anilines is 1. The molecular weight excluding hydrogens is 150 g/mol. The highest BCUT2D eigenvalue weighted by Gasteiger charge is 2.15. The minimum Gasteiger partial charge on any atom is -0.326 e. The lowest BCUT2D eigenvalue weighted by atomic mass is 10.2. The Morgan fingerprint density at radius 2 is 1.92 bits per heavy atom. The first-order chi connectivity index (χ1) is 5.86. The molecule has 1 aliphatic heterocycles. The van der Waals surface area contributed by atoms with Crippen LogP contribution in [0.2, 0.25) is 0 Å². The average molecular weight is 163 g/mol. The van der Waals surface area contributed by atoms with Gasteiger partial charge in [0.05, 0.1) is 6.42 Å². The summed E-state index contributed by atoms with van der Waals surface area (Å²) in [6.45, 7) is 4.00. The second-order valence-electron chi connectivity index (χ2n) is 2.38. The van der Waals surface area contributed by atoms with Gasteiger partial charge in [-0.15, -0.1) is 0 Å². The number of hydrogen-bond acceptors (Lipinski definition) is 1. The summed E-state index contributed by atoms with van der Waals surface area (Å²) in [4.78, 5) is 10.8. The third kappa shape index (κ3) is 1.64. The minimum atomic E-state index is 0.0983. The lowest BCUT2D eigenvalue weighted by molar-refractivity contribution is -0.115. The molecule has 1 heterocycles. The van der Waals surface area contributed by atoms with Crippen LogP contribution in [0.4, 0.5) is 5.69 Å². The molecule has 12 heavy (non-hydrogen) atoms. The first kappa shape index (κ1) is 8.78. The molecule has 0 radical (unpaired) electrons. The fourth-order valence-corrected chi connectivity index (χ4v) is 1.16. The molecule has 0 spiro atoms. The number of rotatable bonds is 0. The molecule has 0 unspecified atom stereocenters. The fraction of sp³-hybridized carbons (Fsp3) is 0.300. The molecule has 0 aromatic heterocycles. The highest BCUT2D eigenvalue weighted by Crippen LogP contribution is 2.20. The van der Waals surface area contributed by atoms with E-state index in [0.29, 0.717) is 6.42 Å². The van der Waals surface area contributed by atoms with Gasteiger partial charge in [0, 0.05) is 5.69 Å². The number of fused-ring (bicyclic) bond motifs is 1. The predicted molar refractivity (Wildman–Crippen MR) is 50.1 cm³/mol. The standard InChI is InChI=1S/C8H7NO.C2H6/c10-8-5-6-3-1-2-4-7(6)9-8;1-2/h1-4H,5H2,(H,9,10);1-2H3. The van der Waals surface area contributed by atoms with Crippen LogP contribution in [0.1, 0.15) is 19.4 Å². The first-order valence-corrected chi connectivity index (χ1v) is 4.24. The third-order valence-electron chi connectivity index (χ3n) is 1.64. The van der Waals surface area contributed by atoms with Gasteiger partial charge < -0.3 is 5.32 Å². The van der Waals surface area contributed by atoms with Crippen molar-refractivity contribution in [2.45, 2.75) is 20.3 Å². The molecule has 2 nitrogen and oxygen atoms in total. The van der Waals surface area contributed by atoms with Crippen molar-refractivity contribution in [1.82, 2.24) is 0 Å². The number of carbonyl (C=O) groups excluding carboxylic acids is 1. The van der Waals surface area contributed by atoms with Crippen LogP contribution in [0.25, 0.3) is 0 Å². The molecule has 0 atom stereocenters. The van der Waals surface area contributed by atoms with Crippen molar-refractivity contribution < 1.29 is 4.79 Å². The highest BCUT2D eigenvalue weighted by atomic mass is 16.1. The van der Waals surface area contributed by atoms with Gasteiger partial charge in [-0.1, -0.05) is 32.0 Å². The summed E-state index contributed by atoms with van der Waals surface area (Å²) in [7, 11) is 0. The Kier molecular flexibility index (Phi) is 2.86. The van der Waals surface area contributed by atoms with Crippen LogP contribution in [-0.4, -0.2) is 5.91 Å². The number of benzene rings is 1. The molecule has 0 saturated heterocycles. The summed E-state index contributed by atoms with van der Waals surface area (Å²) < 4.78 is 0. The zero-order chi connectivity index (χ0) is 8.97. The van der Waals surface area contributed by atoms with Gasteiger partial charge in [-0.05, 0) is 11.6 Å². The number of para-hydroxylation sites is 1. The minimum absolute atomic E-state index is 0.0983. The van der Waals surface area contributed by atoms with E-state index in [1.165, 1.54) is 0 Å². The molecule has 0 fully saturated rings. The van der Waals surface area contributed by atoms with Crippen LogP contribution < -0.4 is 5.32 Å². The molecule has 2 heteroatoms. The summed E-state index contributed by atoms with van der Waals surface area (Å²) in [6.07, 6.45) is 0.538. The molecule has 1 aliphatic rings. The SMILES string of the molecule is CC.O=C1Cc2ccccc2N1. The van der Waals surface area contributed by atoms with Crippen molar-refractivity contribution in [2.24, 2.45) is 0 Å². The van der Waals surface area contributed by atoms with Gasteiger partial charge in [-0.3, -0.25) is 4.79 Å². The maximum absolute atomic E-state index is 10.8. The van der Waals surface area contributed by atoms with Crippen molar-refractivity contribution in [1.29, 1.82) is 0 Å². The van der Waals surface area contributed by atoms with Crippen molar-refractivity contribution in [3.05, 3.63) is 29.8 Å². The Bertz CT molecular complexity index is 254. The largest absolute Gasteiger partial charge is 0.326 e. The number of hydrogen-bond donors (Lipinski definition) is 1. The second kappa shape index (κ2) is 3.90. The van der Waals surface area contributed by atoms with Crippen LogP contribution in [-0.2, 0) is 11.2 Å². The summed E-state index contributed by atoms with van der Waals surface area (Å²) >= 11 is 0. The summed E-state index contributed by atoms with van der Waals surface area (Å²) in [5.74, 6) is 0.0983. The summed E-state index contributed by atoms with van der Waals surface area (Å²) in [5.41, 5.74) is 2.07. The van der Waals surface area contributed by atoms with Gasteiger partial charge in [0.25, 0.3) is 0 Å². The van der Waals surface area contributed by atoms with E-state index in [-0.39, 0.29) is 5.91 Å². The Hall–Kier alpha value is -1.31. The Morgan fingerprint density at radius 1 is 1.25 bits per heavy atom. The maximum Gasteiger partial charge on any atom is 0.228 e. The summed E-state index contributed by atoms with van der Waals surface area (Å²) in [5, 5.41) is 2.76. The van der Waals surface area contributed by atoms with Gasteiger partial charge in [0.15, 0.2) is 0 Å². The van der Waals surface area contributed by atoms with E-state index in [2.05, 4.69) is 5.32 Å². The highest BCUT2D eigenvalue weighted by molar-refractivity contribution is 5.98. The molecule has 64 valence electrons. The van der Waals surface area contributed by atoms with E-state index in [1.807, 2.05) is 38.1 Å². The van der Waals surface area contributed by atoms with Gasteiger partial charge >= 0.3 is 0 Å². The zero-order valence-corrected chi connectivity index (χ0v) is 7.42. The van der Waals surface area contributed by atoms with E-state index in [9.17, 15) is 4.79 Å². The Balaban J connectivity index is 0.000000336. The lowest BCUT2D eigenvalue weighted by Crippen LogP contribution is -2.03. The van der Waals surface area contributed by atoms with E-state index < -0.39 is 0 Å². The van der Waals surface area contributed by atoms with Crippen LogP contribution in [0.3, 0.4) is 0 Å². The maximum atomic E-state index is 10.8. The van der Waals surface area contributed by atoms with Gasteiger partial charge in [0.1, 0.15) is 0 Å². The predicted octanol–water partition coefficient (Wildman–Crippen LogP) is 2.21. The molecule has 1 aromatic carbocycles. The zero-order valence-electron chi connectivity index (χ0n) is 7.42. The molecule has 0 saturated carbocycles. The molecule has 1 amide bonds. The van der Waals surface area contributed by atoms with Crippen LogP contribution in [0.5, 0.6) is 0 Å². The third-order valence-corrected chi connectivity index (χ3v) is 1.64. The lowest BCUT2D eigenvalue weighted by Gasteiger charge is -1.93. The van der Waals surface area contributed by atoms with E-state index in [4.69, 9.17) is 0 Å². The molecule has 2 rings (SSSR count). The van der Waals surface area contributed by atoms with Gasteiger partial charge in [0.2, 0.25) is 5.91 Å². The molecule has 1 N–H and O–H groups in total. The first-order valence-electron chi connectivity index (χ1n) is 4.24. The Labute approximate surface area is 72.6 Å². The van der Waals surface area contributed by atoms with Crippen molar-refractivity contribution in [3.63, 3.8) is 0 Å². The average Bonchev–Trinajstić information content (AvgIpc) is 2.48. The van der Waals surface area contributed by atoms with Crippen molar-refractivity contribution in [2.75, 3.05) is 5.32 Å². The quantitative estimate of drug-likeness (QED) is 0.624. The number of amides is 1. The van der Waals surface area contributed by atoms with E-state index in [1.54, 1.807) is 0 Å². The summed E-state index contributed by atoms with van der Waals surface area (Å²) in [6, 6.07) is 7.75. The van der Waals surface area contributed by atoms with Crippen LogP contribution in [0, 0.1) is 0 Å². The fourth-order valence-electron chi connectivity index (χ4n) is 1.16. The normalized spacial score (nSPS) is 12.7. The van der Waals surface area contributed by atoms with Gasteiger partial charge in [-0.2, -0.15) is 0 Å². The monoisotopic (exact) mass is 163 g/mol. The smallest absolute Gasteiger partial charge is 0.228 e. The molecular formula is C10H13NO. The van der Waals surface area contributed by atoms with Gasteiger partial charge in [-0.25, -0.2) is 0 Å². The van der Waals surface area contributed by atoms with Crippen LogP contribution in [0.15, 0.2) is 24.3 Å². The van der Waals surface area contributed by atoms with Crippen LogP contribution >= 0.6 is 0 Å². The van der Waals surface area contributed by atoms with E-state index >= 15 is 0 Å². The molecule has 0 aliphatic carbocycles. The van der Waals surface area contributed by atoms with E-state index in [0.717, 1.165) is 11.3 Å².